The van der Waals surface area contributed by atoms with E-state index in [0.29, 0.717) is 11.3 Å². The summed E-state index contributed by atoms with van der Waals surface area (Å²) >= 11 is 0. The van der Waals surface area contributed by atoms with E-state index < -0.39 is 12.3 Å². The van der Waals surface area contributed by atoms with Crippen LogP contribution in [0.15, 0.2) is 73.1 Å². The van der Waals surface area contributed by atoms with Crippen LogP contribution in [0.4, 0.5) is 4.39 Å². The number of para-hydroxylation sites is 1. The van der Waals surface area contributed by atoms with E-state index in [1.807, 2.05) is 54.1 Å². The number of aliphatic hydroxyl groups is 1. The molecular weight excluding hydrogens is 329 g/mol. The van der Waals surface area contributed by atoms with Crippen LogP contribution in [-0.2, 0) is 5.60 Å². The van der Waals surface area contributed by atoms with E-state index in [2.05, 4.69) is 10.1 Å². The van der Waals surface area contributed by atoms with Gasteiger partial charge in [0.05, 0.1) is 23.1 Å². The van der Waals surface area contributed by atoms with Crippen molar-refractivity contribution in [2.45, 2.75) is 12.5 Å². The number of halogens is 1. The predicted octanol–water partition coefficient (Wildman–Crippen LogP) is 3.93. The Morgan fingerprint density at radius 1 is 1.08 bits per heavy atom. The Hall–Kier alpha value is -3.05. The molecular formula is C21H18FN3O. The van der Waals surface area contributed by atoms with Gasteiger partial charge < -0.3 is 5.11 Å². The van der Waals surface area contributed by atoms with E-state index in [9.17, 15) is 9.50 Å². The lowest BCUT2D eigenvalue weighted by molar-refractivity contribution is 0.0471. The van der Waals surface area contributed by atoms with Gasteiger partial charge in [-0.2, -0.15) is 5.10 Å². The number of nitrogens with zero attached hydrogens (tertiary/aromatic N) is 3. The normalized spacial score (nSPS) is 13.7. The van der Waals surface area contributed by atoms with Gasteiger partial charge in [0.2, 0.25) is 0 Å². The summed E-state index contributed by atoms with van der Waals surface area (Å²) in [5.74, 6) is 0. The molecule has 130 valence electrons. The van der Waals surface area contributed by atoms with Crippen molar-refractivity contribution in [3.05, 3.63) is 89.9 Å². The monoisotopic (exact) mass is 347 g/mol. The average Bonchev–Trinajstić information content (AvgIpc) is 3.11. The van der Waals surface area contributed by atoms with Crippen molar-refractivity contribution in [2.24, 2.45) is 0 Å². The Morgan fingerprint density at radius 3 is 2.62 bits per heavy atom. The molecule has 0 saturated carbocycles. The molecule has 0 aliphatic rings. The summed E-state index contributed by atoms with van der Waals surface area (Å²) in [4.78, 5) is 4.22. The van der Waals surface area contributed by atoms with Gasteiger partial charge in [0.1, 0.15) is 6.67 Å². The molecule has 4 aromatic rings. The Morgan fingerprint density at radius 2 is 1.88 bits per heavy atom. The number of hydrogen-bond acceptors (Lipinski definition) is 3. The van der Waals surface area contributed by atoms with Crippen LogP contribution in [-0.4, -0.2) is 26.5 Å². The van der Waals surface area contributed by atoms with Gasteiger partial charge in [-0.05, 0) is 48.4 Å². The number of alkyl halides is 1. The minimum Gasteiger partial charge on any atom is -0.376 e. The van der Waals surface area contributed by atoms with Crippen molar-refractivity contribution in [2.75, 3.05) is 6.67 Å². The van der Waals surface area contributed by atoms with E-state index in [4.69, 9.17) is 0 Å². The van der Waals surface area contributed by atoms with Crippen LogP contribution >= 0.6 is 0 Å². The second-order valence-electron chi connectivity index (χ2n) is 6.33. The number of fused-ring (bicyclic) bond motifs is 1. The Kier molecular flexibility index (Phi) is 4.01. The number of aryl methyl sites for hydroxylation is 1. The van der Waals surface area contributed by atoms with Gasteiger partial charge in [0.25, 0.3) is 0 Å². The maximum Gasteiger partial charge on any atom is 0.160 e. The summed E-state index contributed by atoms with van der Waals surface area (Å²) in [6.45, 7) is 0.859. The Labute approximate surface area is 150 Å². The van der Waals surface area contributed by atoms with Crippen LogP contribution in [0.5, 0.6) is 0 Å². The number of benzene rings is 2. The highest BCUT2D eigenvalue weighted by Gasteiger charge is 2.35. The van der Waals surface area contributed by atoms with Gasteiger partial charge in [0, 0.05) is 11.6 Å². The Balaban J connectivity index is 1.84. The fourth-order valence-corrected chi connectivity index (χ4v) is 3.26. The van der Waals surface area contributed by atoms with E-state index in [1.54, 1.807) is 30.6 Å². The molecule has 1 N–H and O–H groups in total. The molecule has 0 radical (unpaired) electrons. The first kappa shape index (κ1) is 16.4. The lowest BCUT2D eigenvalue weighted by atomic mass is 9.88. The molecule has 0 spiro atoms. The third kappa shape index (κ3) is 2.57. The van der Waals surface area contributed by atoms with Crippen molar-refractivity contribution in [3.63, 3.8) is 0 Å². The summed E-state index contributed by atoms with van der Waals surface area (Å²) in [6, 6.07) is 18.7. The van der Waals surface area contributed by atoms with Gasteiger partial charge >= 0.3 is 0 Å². The highest BCUT2D eigenvalue weighted by Crippen LogP contribution is 2.33. The predicted molar refractivity (Wildman–Crippen MR) is 99.0 cm³/mol. The second kappa shape index (κ2) is 6.35. The van der Waals surface area contributed by atoms with Gasteiger partial charge in [0.15, 0.2) is 5.60 Å². The van der Waals surface area contributed by atoms with Crippen molar-refractivity contribution >= 4 is 10.9 Å². The molecule has 1 atom stereocenters. The van der Waals surface area contributed by atoms with Gasteiger partial charge in [-0.1, -0.05) is 30.3 Å². The lowest BCUT2D eigenvalue weighted by Crippen LogP contribution is -2.32. The molecule has 1 unspecified atom stereocenters. The molecule has 2 heterocycles. The minimum atomic E-state index is -1.78. The number of hydrogen-bond donors (Lipinski definition) is 1. The average molecular weight is 347 g/mol. The van der Waals surface area contributed by atoms with Crippen LogP contribution in [0.1, 0.15) is 16.8 Å². The summed E-state index contributed by atoms with van der Waals surface area (Å²) in [5.41, 5.74) is 1.58. The highest BCUT2D eigenvalue weighted by molar-refractivity contribution is 5.81. The maximum atomic E-state index is 14.0. The molecule has 2 aromatic carbocycles. The quantitative estimate of drug-likeness (QED) is 0.608. The first-order valence-corrected chi connectivity index (χ1v) is 8.37. The van der Waals surface area contributed by atoms with Crippen LogP contribution in [0.2, 0.25) is 0 Å². The van der Waals surface area contributed by atoms with E-state index in [0.717, 1.165) is 22.2 Å². The molecule has 0 aliphatic carbocycles. The number of aromatic nitrogens is 3. The summed E-state index contributed by atoms with van der Waals surface area (Å²) in [7, 11) is 0. The van der Waals surface area contributed by atoms with Gasteiger partial charge in [-0.25, -0.2) is 9.07 Å². The molecule has 0 amide bonds. The van der Waals surface area contributed by atoms with Crippen LogP contribution < -0.4 is 0 Å². The Bertz CT molecular complexity index is 1060. The molecule has 4 nitrogen and oxygen atoms in total. The third-order valence-electron chi connectivity index (χ3n) is 4.64. The van der Waals surface area contributed by atoms with Crippen molar-refractivity contribution in [1.82, 2.24) is 14.8 Å². The summed E-state index contributed by atoms with van der Waals surface area (Å²) in [6.07, 6.45) is 3.28. The minimum absolute atomic E-state index is 0.331. The third-order valence-corrected chi connectivity index (χ3v) is 4.64. The molecule has 0 saturated heterocycles. The van der Waals surface area contributed by atoms with Gasteiger partial charge in [-0.3, -0.25) is 4.98 Å². The van der Waals surface area contributed by atoms with E-state index >= 15 is 0 Å². The zero-order valence-electron chi connectivity index (χ0n) is 14.3. The van der Waals surface area contributed by atoms with Crippen LogP contribution in [0.25, 0.3) is 16.6 Å². The second-order valence-corrected chi connectivity index (χ2v) is 6.33. The van der Waals surface area contributed by atoms with E-state index in [-0.39, 0.29) is 0 Å². The topological polar surface area (TPSA) is 50.9 Å². The molecule has 5 heteroatoms. The molecule has 26 heavy (non-hydrogen) atoms. The number of pyridine rings is 1. The SMILES string of the molecule is Cc1cccnc1C(O)(CF)c1ccc2c(cnn2-c2ccccc2)c1. The summed E-state index contributed by atoms with van der Waals surface area (Å²) in [5, 5.41) is 16.3. The fourth-order valence-electron chi connectivity index (χ4n) is 3.26. The lowest BCUT2D eigenvalue weighted by Gasteiger charge is -2.26. The van der Waals surface area contributed by atoms with Gasteiger partial charge in [-0.15, -0.1) is 0 Å². The molecule has 0 bridgehead atoms. The van der Waals surface area contributed by atoms with E-state index in [1.165, 1.54) is 0 Å². The molecule has 0 aliphatic heterocycles. The van der Waals surface area contributed by atoms with Crippen molar-refractivity contribution < 1.29 is 9.50 Å². The molecule has 4 rings (SSSR count). The zero-order valence-corrected chi connectivity index (χ0v) is 14.3. The largest absolute Gasteiger partial charge is 0.376 e. The van der Waals surface area contributed by atoms with Crippen LogP contribution in [0.3, 0.4) is 0 Å². The highest BCUT2D eigenvalue weighted by atomic mass is 19.1. The fraction of sp³-hybridized carbons (Fsp3) is 0.143. The molecule has 0 fully saturated rings. The first-order valence-electron chi connectivity index (χ1n) is 8.37. The standard InChI is InChI=1S/C21H18FN3O/c1-15-6-5-11-23-20(15)21(26,14-22)17-9-10-19-16(12-17)13-24-25(19)18-7-3-2-4-8-18/h2-13,26H,14H2,1H3. The summed E-state index contributed by atoms with van der Waals surface area (Å²) < 4.78 is 15.8. The van der Waals surface area contributed by atoms with Crippen LogP contribution in [0, 0.1) is 6.92 Å². The first-order chi connectivity index (χ1) is 12.6. The molecule has 2 aromatic heterocycles. The zero-order chi connectivity index (χ0) is 18.1. The number of rotatable bonds is 4. The van der Waals surface area contributed by atoms with Crippen molar-refractivity contribution in [1.29, 1.82) is 0 Å². The van der Waals surface area contributed by atoms with Crippen molar-refractivity contribution in [3.8, 4) is 5.69 Å². The smallest absolute Gasteiger partial charge is 0.160 e. The maximum absolute atomic E-state index is 14.0.